The van der Waals surface area contributed by atoms with E-state index in [0.29, 0.717) is 11.8 Å². The van der Waals surface area contributed by atoms with Crippen LogP contribution in [0.15, 0.2) is 71.4 Å². The lowest BCUT2D eigenvalue weighted by atomic mass is 10.0. The summed E-state index contributed by atoms with van der Waals surface area (Å²) in [5, 5.41) is 0. The van der Waals surface area contributed by atoms with Crippen molar-refractivity contribution < 1.29 is 4.42 Å². The zero-order valence-electron chi connectivity index (χ0n) is 13.2. The molecule has 3 nitrogen and oxygen atoms in total. The molecule has 2 heterocycles. The summed E-state index contributed by atoms with van der Waals surface area (Å²) in [7, 11) is 0. The van der Waals surface area contributed by atoms with Crippen LogP contribution in [0, 0.1) is 0 Å². The van der Waals surface area contributed by atoms with Crippen molar-refractivity contribution in [1.29, 1.82) is 0 Å². The van der Waals surface area contributed by atoms with Gasteiger partial charge in [0.25, 0.3) is 0 Å². The zero-order valence-corrected chi connectivity index (χ0v) is 13.2. The molecule has 0 fully saturated rings. The molecule has 4 aromatic rings. The summed E-state index contributed by atoms with van der Waals surface area (Å²) in [6.45, 7) is 4.38. The highest BCUT2D eigenvalue weighted by molar-refractivity contribution is 5.78. The molecule has 0 radical (unpaired) electrons. The fourth-order valence-electron chi connectivity index (χ4n) is 2.71. The van der Waals surface area contributed by atoms with Crippen LogP contribution in [0.3, 0.4) is 0 Å². The van der Waals surface area contributed by atoms with Crippen LogP contribution in [0.2, 0.25) is 0 Å². The minimum atomic E-state index is 0.525. The minimum Gasteiger partial charge on any atom is -0.436 e. The maximum atomic E-state index is 5.97. The third-order valence-electron chi connectivity index (χ3n) is 4.10. The number of rotatable bonds is 3. The Labute approximate surface area is 135 Å². The van der Waals surface area contributed by atoms with Crippen LogP contribution >= 0.6 is 0 Å². The maximum Gasteiger partial charge on any atom is 0.227 e. The van der Waals surface area contributed by atoms with Crippen molar-refractivity contribution in [2.24, 2.45) is 0 Å². The van der Waals surface area contributed by atoms with Gasteiger partial charge in [0.1, 0.15) is 5.52 Å². The average Bonchev–Trinajstić information content (AvgIpc) is 3.23. The van der Waals surface area contributed by atoms with Crippen LogP contribution in [0.4, 0.5) is 0 Å². The van der Waals surface area contributed by atoms with Crippen molar-refractivity contribution in [3.05, 3.63) is 72.6 Å². The molecule has 0 aliphatic rings. The van der Waals surface area contributed by atoms with Crippen LogP contribution in [0.25, 0.3) is 28.2 Å². The van der Waals surface area contributed by atoms with Crippen molar-refractivity contribution in [2.45, 2.75) is 19.8 Å². The van der Waals surface area contributed by atoms with E-state index in [1.165, 1.54) is 5.56 Å². The first-order valence-corrected chi connectivity index (χ1v) is 7.85. The Balaban J connectivity index is 1.74. The minimum absolute atomic E-state index is 0.525. The molecule has 4 rings (SSSR count). The summed E-state index contributed by atoms with van der Waals surface area (Å²) in [5.74, 6) is 1.19. The zero-order chi connectivity index (χ0) is 15.8. The van der Waals surface area contributed by atoms with Gasteiger partial charge in [-0.1, -0.05) is 26.0 Å². The van der Waals surface area contributed by atoms with Crippen LogP contribution in [0.5, 0.6) is 0 Å². The van der Waals surface area contributed by atoms with Gasteiger partial charge in [0, 0.05) is 29.7 Å². The lowest BCUT2D eigenvalue weighted by Gasteiger charge is -2.04. The number of nitrogens with zero attached hydrogens (tertiary/aromatic N) is 2. The van der Waals surface area contributed by atoms with Gasteiger partial charge in [-0.25, -0.2) is 4.98 Å². The Morgan fingerprint density at radius 2 is 1.70 bits per heavy atom. The van der Waals surface area contributed by atoms with E-state index in [0.717, 1.165) is 22.4 Å². The highest BCUT2D eigenvalue weighted by Gasteiger charge is 2.10. The number of oxazole rings is 1. The molecule has 114 valence electrons. The second-order valence-electron chi connectivity index (χ2n) is 6.04. The number of benzene rings is 2. The molecule has 0 unspecified atom stereocenters. The Bertz CT molecular complexity index is 932. The lowest BCUT2D eigenvalue weighted by molar-refractivity contribution is 0.619. The number of hydrogen-bond donors (Lipinski definition) is 0. The van der Waals surface area contributed by atoms with Gasteiger partial charge in [0.05, 0.1) is 0 Å². The average molecular weight is 302 g/mol. The molecule has 2 aromatic carbocycles. The van der Waals surface area contributed by atoms with Gasteiger partial charge in [-0.2, -0.15) is 0 Å². The second kappa shape index (κ2) is 5.43. The smallest absolute Gasteiger partial charge is 0.227 e. The molecule has 2 aromatic heterocycles. The van der Waals surface area contributed by atoms with Gasteiger partial charge < -0.3 is 8.98 Å². The third-order valence-corrected chi connectivity index (χ3v) is 4.10. The molecular weight excluding hydrogens is 284 g/mol. The van der Waals surface area contributed by atoms with Gasteiger partial charge >= 0.3 is 0 Å². The quantitative estimate of drug-likeness (QED) is 0.506. The van der Waals surface area contributed by atoms with E-state index in [9.17, 15) is 0 Å². The molecule has 0 aliphatic carbocycles. The normalized spacial score (nSPS) is 11.4. The molecule has 23 heavy (non-hydrogen) atoms. The Morgan fingerprint density at radius 3 is 2.39 bits per heavy atom. The predicted octanol–water partition coefficient (Wildman–Crippen LogP) is 5.41. The standard InChI is InChI=1S/C20H18N2O/c1-14(2)15-5-7-16(8-6-15)20-21-18-10-9-17(13-19(18)23-20)22-11-3-4-12-22/h3-14H,1-2H3. The SMILES string of the molecule is CC(C)c1ccc(-c2nc3ccc(-n4cccc4)cc3o2)cc1. The number of hydrogen-bond acceptors (Lipinski definition) is 2. The Morgan fingerprint density at radius 1 is 0.957 bits per heavy atom. The molecule has 0 N–H and O–H groups in total. The van der Waals surface area contributed by atoms with E-state index in [4.69, 9.17) is 4.42 Å². The van der Waals surface area contributed by atoms with E-state index in [1.54, 1.807) is 0 Å². The van der Waals surface area contributed by atoms with E-state index in [-0.39, 0.29) is 0 Å². The van der Waals surface area contributed by atoms with Crippen LogP contribution < -0.4 is 0 Å². The van der Waals surface area contributed by atoms with Crippen molar-refractivity contribution in [2.75, 3.05) is 0 Å². The Kier molecular flexibility index (Phi) is 3.27. The van der Waals surface area contributed by atoms with Crippen LogP contribution in [-0.2, 0) is 0 Å². The van der Waals surface area contributed by atoms with Gasteiger partial charge in [0.15, 0.2) is 5.58 Å². The monoisotopic (exact) mass is 302 g/mol. The molecule has 0 bridgehead atoms. The van der Waals surface area contributed by atoms with Gasteiger partial charge in [0.2, 0.25) is 5.89 Å². The largest absolute Gasteiger partial charge is 0.436 e. The summed E-state index contributed by atoms with van der Waals surface area (Å²) < 4.78 is 8.02. The lowest BCUT2D eigenvalue weighted by Crippen LogP contribution is -1.87. The molecule has 3 heteroatoms. The van der Waals surface area contributed by atoms with Crippen molar-refractivity contribution in [1.82, 2.24) is 9.55 Å². The van der Waals surface area contributed by atoms with E-state index in [1.807, 2.05) is 36.7 Å². The summed E-state index contributed by atoms with van der Waals surface area (Å²) in [5.41, 5.74) is 5.08. The van der Waals surface area contributed by atoms with Gasteiger partial charge in [-0.05, 0) is 47.9 Å². The molecule has 0 spiro atoms. The second-order valence-corrected chi connectivity index (χ2v) is 6.04. The van der Waals surface area contributed by atoms with Crippen LogP contribution in [-0.4, -0.2) is 9.55 Å². The van der Waals surface area contributed by atoms with Crippen molar-refractivity contribution >= 4 is 11.1 Å². The first kappa shape index (κ1) is 13.8. The van der Waals surface area contributed by atoms with E-state index < -0.39 is 0 Å². The number of aromatic nitrogens is 2. The van der Waals surface area contributed by atoms with Crippen molar-refractivity contribution in [3.63, 3.8) is 0 Å². The topological polar surface area (TPSA) is 31.0 Å². The first-order valence-electron chi connectivity index (χ1n) is 7.85. The number of fused-ring (bicyclic) bond motifs is 1. The molecule has 0 saturated carbocycles. The highest BCUT2D eigenvalue weighted by Crippen LogP contribution is 2.27. The van der Waals surface area contributed by atoms with E-state index >= 15 is 0 Å². The molecular formula is C20H18N2O. The fourth-order valence-corrected chi connectivity index (χ4v) is 2.71. The summed E-state index contributed by atoms with van der Waals surface area (Å²) in [4.78, 5) is 4.60. The predicted molar refractivity (Wildman–Crippen MR) is 92.9 cm³/mol. The summed E-state index contributed by atoms with van der Waals surface area (Å²) in [6, 6.07) is 18.5. The third kappa shape index (κ3) is 2.55. The fraction of sp³-hybridized carbons (Fsp3) is 0.150. The Hall–Kier alpha value is -2.81. The van der Waals surface area contributed by atoms with Crippen molar-refractivity contribution in [3.8, 4) is 17.1 Å². The molecule has 0 saturated heterocycles. The molecule has 0 aliphatic heterocycles. The molecule has 0 amide bonds. The maximum absolute atomic E-state index is 5.97. The first-order chi connectivity index (χ1) is 11.2. The summed E-state index contributed by atoms with van der Waals surface area (Å²) in [6.07, 6.45) is 4.03. The molecule has 0 atom stereocenters. The summed E-state index contributed by atoms with van der Waals surface area (Å²) >= 11 is 0. The van der Waals surface area contributed by atoms with Gasteiger partial charge in [-0.3, -0.25) is 0 Å². The van der Waals surface area contributed by atoms with E-state index in [2.05, 4.69) is 53.7 Å². The van der Waals surface area contributed by atoms with Gasteiger partial charge in [-0.15, -0.1) is 0 Å². The highest BCUT2D eigenvalue weighted by atomic mass is 16.3. The van der Waals surface area contributed by atoms with Crippen LogP contribution in [0.1, 0.15) is 25.3 Å².